The van der Waals surface area contributed by atoms with Crippen molar-refractivity contribution in [3.63, 3.8) is 0 Å². The van der Waals surface area contributed by atoms with E-state index in [-0.39, 0.29) is 11.5 Å². The number of aromatic hydroxyl groups is 2. The Hall–Kier alpha value is -2.03. The van der Waals surface area contributed by atoms with Gasteiger partial charge < -0.3 is 10.2 Å². The monoisotopic (exact) mass is 202 g/mol. The van der Waals surface area contributed by atoms with E-state index in [1.807, 2.05) is 31.5 Å². The molecule has 2 N–H and O–H groups in total. The van der Waals surface area contributed by atoms with Gasteiger partial charge in [0, 0.05) is 12.1 Å². The first-order valence-electron chi connectivity index (χ1n) is 4.67. The molecule has 2 aromatic rings. The van der Waals surface area contributed by atoms with Crippen LogP contribution < -0.4 is 4.57 Å². The van der Waals surface area contributed by atoms with Crippen molar-refractivity contribution in [2.75, 3.05) is 0 Å². The molecule has 0 fully saturated rings. The van der Waals surface area contributed by atoms with E-state index in [0.29, 0.717) is 5.69 Å². The van der Waals surface area contributed by atoms with Gasteiger partial charge in [-0.2, -0.15) is 4.57 Å². The summed E-state index contributed by atoms with van der Waals surface area (Å²) in [7, 11) is 0. The maximum absolute atomic E-state index is 9.63. The second-order valence-corrected chi connectivity index (χ2v) is 3.46. The van der Waals surface area contributed by atoms with Crippen LogP contribution in [0.2, 0.25) is 0 Å². The van der Waals surface area contributed by atoms with Crippen LogP contribution in [-0.4, -0.2) is 10.2 Å². The van der Waals surface area contributed by atoms with Crippen molar-refractivity contribution >= 4 is 0 Å². The lowest BCUT2D eigenvalue weighted by atomic mass is 10.2. The van der Waals surface area contributed by atoms with E-state index in [1.54, 1.807) is 4.57 Å². The molecule has 0 saturated heterocycles. The summed E-state index contributed by atoms with van der Waals surface area (Å²) in [6.07, 6.45) is 3.67. The van der Waals surface area contributed by atoms with E-state index < -0.39 is 0 Å². The van der Waals surface area contributed by atoms with Gasteiger partial charge in [-0.25, -0.2) is 0 Å². The number of aryl methyl sites for hydroxylation is 1. The van der Waals surface area contributed by atoms with Gasteiger partial charge in [-0.15, -0.1) is 0 Å². The zero-order valence-corrected chi connectivity index (χ0v) is 8.38. The van der Waals surface area contributed by atoms with Crippen molar-refractivity contribution in [2.24, 2.45) is 0 Å². The quantitative estimate of drug-likeness (QED) is 0.546. The molecule has 0 radical (unpaired) electrons. The van der Waals surface area contributed by atoms with Crippen LogP contribution in [0.5, 0.6) is 11.5 Å². The number of hydrogen-bond donors (Lipinski definition) is 2. The first-order valence-corrected chi connectivity index (χ1v) is 4.67. The Morgan fingerprint density at radius 1 is 1.00 bits per heavy atom. The second kappa shape index (κ2) is 3.61. The van der Waals surface area contributed by atoms with Crippen LogP contribution in [0.15, 0.2) is 42.7 Å². The summed E-state index contributed by atoms with van der Waals surface area (Å²) in [5, 5.41) is 19.0. The Morgan fingerprint density at radius 3 is 2.33 bits per heavy atom. The minimum atomic E-state index is 0.135. The van der Waals surface area contributed by atoms with E-state index in [9.17, 15) is 10.2 Å². The van der Waals surface area contributed by atoms with Gasteiger partial charge in [0.15, 0.2) is 18.1 Å². The molecule has 3 heteroatoms. The molecule has 2 rings (SSSR count). The predicted octanol–water partition coefficient (Wildman–Crippen LogP) is 1.68. The summed E-state index contributed by atoms with van der Waals surface area (Å²) in [6.45, 7) is 1.99. The molecule has 0 aliphatic heterocycles. The zero-order valence-electron chi connectivity index (χ0n) is 8.38. The SMILES string of the molecule is Cc1cc[n+](-c2cc(O)ccc2O)cc1. The molecular formula is C12H12NO2+. The topological polar surface area (TPSA) is 44.3 Å². The maximum atomic E-state index is 9.63. The third-order valence-corrected chi connectivity index (χ3v) is 2.23. The summed E-state index contributed by atoms with van der Waals surface area (Å²) in [5.74, 6) is 0.275. The van der Waals surface area contributed by atoms with Crippen molar-refractivity contribution in [1.29, 1.82) is 0 Å². The van der Waals surface area contributed by atoms with Crippen LogP contribution in [0.4, 0.5) is 0 Å². The molecular weight excluding hydrogens is 190 g/mol. The molecule has 0 atom stereocenters. The lowest BCUT2D eigenvalue weighted by Crippen LogP contribution is -2.29. The molecule has 15 heavy (non-hydrogen) atoms. The molecule has 0 aliphatic rings. The van der Waals surface area contributed by atoms with Gasteiger partial charge in [-0.1, -0.05) is 0 Å². The predicted molar refractivity (Wildman–Crippen MR) is 56.0 cm³/mol. The highest BCUT2D eigenvalue weighted by atomic mass is 16.3. The van der Waals surface area contributed by atoms with Gasteiger partial charge in [0.2, 0.25) is 0 Å². The maximum Gasteiger partial charge on any atom is 0.256 e. The second-order valence-electron chi connectivity index (χ2n) is 3.46. The van der Waals surface area contributed by atoms with Crippen molar-refractivity contribution < 1.29 is 14.8 Å². The molecule has 1 aromatic heterocycles. The highest BCUT2D eigenvalue weighted by Gasteiger charge is 2.11. The minimum Gasteiger partial charge on any atom is -0.508 e. The first kappa shape index (κ1) is 9.52. The van der Waals surface area contributed by atoms with Gasteiger partial charge in [-0.3, -0.25) is 0 Å². The highest BCUT2D eigenvalue weighted by molar-refractivity contribution is 5.44. The number of phenols is 2. The first-order chi connectivity index (χ1) is 7.16. The number of rotatable bonds is 1. The van der Waals surface area contributed by atoms with Crippen molar-refractivity contribution in [2.45, 2.75) is 6.92 Å². The van der Waals surface area contributed by atoms with Gasteiger partial charge in [0.05, 0.1) is 6.07 Å². The highest BCUT2D eigenvalue weighted by Crippen LogP contribution is 2.21. The molecule has 3 nitrogen and oxygen atoms in total. The molecule has 0 aliphatic carbocycles. The van der Waals surface area contributed by atoms with E-state index in [0.717, 1.165) is 5.56 Å². The van der Waals surface area contributed by atoms with Crippen LogP contribution in [0.25, 0.3) is 5.69 Å². The van der Waals surface area contributed by atoms with Gasteiger partial charge in [0.25, 0.3) is 5.69 Å². The molecule has 0 unspecified atom stereocenters. The number of aromatic nitrogens is 1. The standard InChI is InChI=1S/C12H11NO2/c1-9-4-6-13(7-5-9)11-8-10(14)2-3-12(11)15/h2-8H,1H3,(H-,14,15)/p+1. The van der Waals surface area contributed by atoms with E-state index in [1.165, 1.54) is 18.2 Å². The van der Waals surface area contributed by atoms with Crippen molar-refractivity contribution in [3.8, 4) is 17.2 Å². The number of hydrogen-bond acceptors (Lipinski definition) is 2. The lowest BCUT2D eigenvalue weighted by molar-refractivity contribution is -0.596. The Morgan fingerprint density at radius 2 is 1.67 bits per heavy atom. The van der Waals surface area contributed by atoms with Crippen molar-refractivity contribution in [3.05, 3.63) is 48.3 Å². The fraction of sp³-hybridized carbons (Fsp3) is 0.0833. The Bertz CT molecular complexity index is 477. The molecule has 0 amide bonds. The molecule has 0 bridgehead atoms. The Labute approximate surface area is 87.9 Å². The molecule has 0 spiro atoms. The summed E-state index contributed by atoms with van der Waals surface area (Å²) in [6, 6.07) is 8.31. The van der Waals surface area contributed by atoms with Crippen molar-refractivity contribution in [1.82, 2.24) is 0 Å². The Kier molecular flexibility index (Phi) is 2.29. The number of benzene rings is 1. The molecule has 1 heterocycles. The number of pyridine rings is 1. The van der Waals surface area contributed by atoms with Gasteiger partial charge in [0.1, 0.15) is 5.75 Å². The fourth-order valence-corrected chi connectivity index (χ4v) is 1.38. The molecule has 76 valence electrons. The van der Waals surface area contributed by atoms with Gasteiger partial charge in [-0.05, 0) is 24.6 Å². The summed E-state index contributed by atoms with van der Waals surface area (Å²) in [4.78, 5) is 0. The van der Waals surface area contributed by atoms with E-state index in [4.69, 9.17) is 0 Å². The number of phenolic OH excluding ortho intramolecular Hbond substituents is 2. The summed E-state index contributed by atoms with van der Waals surface area (Å²) < 4.78 is 1.75. The average molecular weight is 202 g/mol. The van der Waals surface area contributed by atoms with Crippen LogP contribution in [0.1, 0.15) is 5.56 Å². The normalized spacial score (nSPS) is 10.2. The van der Waals surface area contributed by atoms with E-state index >= 15 is 0 Å². The van der Waals surface area contributed by atoms with Crippen LogP contribution in [0.3, 0.4) is 0 Å². The number of nitrogens with zero attached hydrogens (tertiary/aromatic N) is 1. The lowest BCUT2D eigenvalue weighted by Gasteiger charge is -1.99. The third-order valence-electron chi connectivity index (χ3n) is 2.23. The largest absolute Gasteiger partial charge is 0.508 e. The van der Waals surface area contributed by atoms with Crippen LogP contribution in [-0.2, 0) is 0 Å². The van der Waals surface area contributed by atoms with Gasteiger partial charge >= 0.3 is 0 Å². The third kappa shape index (κ3) is 1.91. The summed E-state index contributed by atoms with van der Waals surface area (Å²) in [5.41, 5.74) is 1.71. The fourth-order valence-electron chi connectivity index (χ4n) is 1.38. The minimum absolute atomic E-state index is 0.135. The molecule has 0 saturated carbocycles. The zero-order chi connectivity index (χ0) is 10.8. The Balaban J connectivity index is 2.53. The van der Waals surface area contributed by atoms with E-state index in [2.05, 4.69) is 0 Å². The smallest absolute Gasteiger partial charge is 0.256 e. The average Bonchev–Trinajstić information content (AvgIpc) is 2.23. The van der Waals surface area contributed by atoms with Crippen LogP contribution >= 0.6 is 0 Å². The van der Waals surface area contributed by atoms with Crippen LogP contribution in [0, 0.1) is 6.92 Å². The summed E-state index contributed by atoms with van der Waals surface area (Å²) >= 11 is 0. The molecule has 1 aromatic carbocycles.